The zero-order valence-electron chi connectivity index (χ0n) is 20.5. The fraction of sp³-hybridized carbons (Fsp3) is 0.214. The van der Waals surface area contributed by atoms with Crippen LogP contribution in [-0.2, 0) is 20.7 Å². The SMILES string of the molecule is CCOC(=O)c1ccc(NC(=O)C2CC(=O)N(CCc3ccc(Cl)cc3)C(=Nc3ccc(F)cc3)S2)cc1. The van der Waals surface area contributed by atoms with Crippen LogP contribution >= 0.6 is 23.4 Å². The fourth-order valence-corrected chi connectivity index (χ4v) is 4.96. The Balaban J connectivity index is 1.50. The molecule has 1 saturated heterocycles. The number of carbonyl (C=O) groups excluding carboxylic acids is 3. The monoisotopic (exact) mass is 553 g/mol. The van der Waals surface area contributed by atoms with Crippen molar-refractivity contribution in [2.45, 2.75) is 25.0 Å². The smallest absolute Gasteiger partial charge is 0.338 e. The van der Waals surface area contributed by atoms with Crippen LogP contribution in [0, 0.1) is 5.82 Å². The Morgan fingerprint density at radius 2 is 1.76 bits per heavy atom. The lowest BCUT2D eigenvalue weighted by molar-refractivity contribution is -0.129. The zero-order chi connectivity index (χ0) is 27.1. The number of thioether (sulfide) groups is 1. The number of rotatable bonds is 8. The second-order valence-electron chi connectivity index (χ2n) is 8.39. The van der Waals surface area contributed by atoms with Crippen LogP contribution in [-0.4, -0.2) is 46.3 Å². The molecule has 1 unspecified atom stereocenters. The topological polar surface area (TPSA) is 88.1 Å². The van der Waals surface area contributed by atoms with Gasteiger partial charge in [-0.05, 0) is 79.6 Å². The summed E-state index contributed by atoms with van der Waals surface area (Å²) in [6.45, 7) is 2.35. The third-order valence-corrected chi connectivity index (χ3v) is 7.12. The zero-order valence-corrected chi connectivity index (χ0v) is 22.1. The summed E-state index contributed by atoms with van der Waals surface area (Å²) in [6, 6.07) is 19.3. The lowest BCUT2D eigenvalue weighted by Crippen LogP contribution is -2.46. The first kappa shape index (κ1) is 27.3. The summed E-state index contributed by atoms with van der Waals surface area (Å²) in [4.78, 5) is 44.3. The molecule has 1 aliphatic heterocycles. The number of amidine groups is 1. The number of aliphatic imine (C=N–C) groups is 1. The maximum absolute atomic E-state index is 13.4. The van der Waals surface area contributed by atoms with Crippen molar-refractivity contribution in [3.8, 4) is 0 Å². The third-order valence-electron chi connectivity index (χ3n) is 5.68. The van der Waals surface area contributed by atoms with E-state index in [0.717, 1.165) is 5.56 Å². The van der Waals surface area contributed by atoms with Crippen LogP contribution in [0.5, 0.6) is 0 Å². The van der Waals surface area contributed by atoms with E-state index in [4.69, 9.17) is 16.3 Å². The van der Waals surface area contributed by atoms with Gasteiger partial charge in [0.15, 0.2) is 5.17 Å². The highest BCUT2D eigenvalue weighted by molar-refractivity contribution is 8.15. The van der Waals surface area contributed by atoms with Gasteiger partial charge in [0, 0.05) is 23.7 Å². The van der Waals surface area contributed by atoms with E-state index in [2.05, 4.69) is 10.3 Å². The second-order valence-corrected chi connectivity index (χ2v) is 10.00. The van der Waals surface area contributed by atoms with Gasteiger partial charge in [0.2, 0.25) is 11.8 Å². The first-order valence-electron chi connectivity index (χ1n) is 12.0. The highest BCUT2D eigenvalue weighted by atomic mass is 35.5. The molecule has 1 N–H and O–H groups in total. The first-order valence-corrected chi connectivity index (χ1v) is 13.2. The lowest BCUT2D eigenvalue weighted by Gasteiger charge is -2.32. The number of nitrogens with one attached hydrogen (secondary N) is 1. The third kappa shape index (κ3) is 7.20. The second kappa shape index (κ2) is 12.7. The summed E-state index contributed by atoms with van der Waals surface area (Å²) in [5.74, 6) is -1.45. The molecule has 7 nitrogen and oxygen atoms in total. The lowest BCUT2D eigenvalue weighted by atomic mass is 10.1. The number of hydrogen-bond donors (Lipinski definition) is 1. The predicted molar refractivity (Wildman–Crippen MR) is 147 cm³/mol. The molecule has 2 amide bonds. The summed E-state index contributed by atoms with van der Waals surface area (Å²) < 4.78 is 18.4. The molecular weight excluding hydrogens is 529 g/mol. The average Bonchev–Trinajstić information content (AvgIpc) is 2.91. The molecule has 1 aliphatic rings. The Kier molecular flexibility index (Phi) is 9.15. The summed E-state index contributed by atoms with van der Waals surface area (Å²) in [7, 11) is 0. The predicted octanol–water partition coefficient (Wildman–Crippen LogP) is 5.86. The first-order chi connectivity index (χ1) is 18.3. The minimum Gasteiger partial charge on any atom is -0.462 e. The number of esters is 1. The van der Waals surface area contributed by atoms with E-state index in [1.165, 1.54) is 36.0 Å². The molecule has 10 heteroatoms. The van der Waals surface area contributed by atoms with Gasteiger partial charge in [-0.25, -0.2) is 14.2 Å². The average molecular weight is 554 g/mol. The molecule has 3 aromatic rings. The van der Waals surface area contributed by atoms with E-state index in [-0.39, 0.29) is 24.8 Å². The molecule has 0 saturated carbocycles. The van der Waals surface area contributed by atoms with Gasteiger partial charge in [-0.1, -0.05) is 35.5 Å². The Morgan fingerprint density at radius 1 is 1.08 bits per heavy atom. The van der Waals surface area contributed by atoms with Crippen molar-refractivity contribution in [3.05, 3.63) is 94.8 Å². The van der Waals surface area contributed by atoms with Crippen molar-refractivity contribution in [3.63, 3.8) is 0 Å². The Hall–Kier alpha value is -3.69. The molecule has 4 rings (SSSR count). The molecule has 1 atom stereocenters. The van der Waals surface area contributed by atoms with Gasteiger partial charge < -0.3 is 10.1 Å². The summed E-state index contributed by atoms with van der Waals surface area (Å²) >= 11 is 7.15. The maximum Gasteiger partial charge on any atom is 0.338 e. The Morgan fingerprint density at radius 3 is 2.42 bits per heavy atom. The molecule has 1 fully saturated rings. The number of hydrogen-bond acceptors (Lipinski definition) is 6. The van der Waals surface area contributed by atoms with Gasteiger partial charge in [0.05, 0.1) is 17.9 Å². The Bertz CT molecular complexity index is 1330. The van der Waals surface area contributed by atoms with Gasteiger partial charge in [0.1, 0.15) is 11.1 Å². The quantitative estimate of drug-likeness (QED) is 0.353. The van der Waals surface area contributed by atoms with Gasteiger partial charge in [-0.3, -0.25) is 14.5 Å². The maximum atomic E-state index is 13.4. The van der Waals surface area contributed by atoms with Gasteiger partial charge in [0.25, 0.3) is 0 Å². The number of carbonyl (C=O) groups is 3. The summed E-state index contributed by atoms with van der Waals surface area (Å²) in [6.07, 6.45) is 0.552. The highest BCUT2D eigenvalue weighted by Gasteiger charge is 2.35. The van der Waals surface area contributed by atoms with Gasteiger partial charge in [-0.2, -0.15) is 0 Å². The van der Waals surface area contributed by atoms with Crippen LogP contribution in [0.4, 0.5) is 15.8 Å². The van der Waals surface area contributed by atoms with Crippen molar-refractivity contribution in [1.82, 2.24) is 4.90 Å². The van der Waals surface area contributed by atoms with E-state index in [0.29, 0.717) is 40.1 Å². The van der Waals surface area contributed by atoms with E-state index in [1.54, 1.807) is 48.2 Å². The number of anilines is 1. The van der Waals surface area contributed by atoms with Gasteiger partial charge >= 0.3 is 5.97 Å². The molecule has 0 spiro atoms. The largest absolute Gasteiger partial charge is 0.462 e. The molecule has 3 aromatic carbocycles. The standard InChI is InChI=1S/C28H25ClFN3O4S/c1-2-37-27(36)19-5-11-22(12-6-19)31-26(35)24-17-25(34)33(16-15-18-3-7-20(29)8-4-18)28(38-24)32-23-13-9-21(30)10-14-23/h3-14,24H,2,15-17H2,1H3,(H,31,35). The molecule has 0 aliphatic carbocycles. The highest BCUT2D eigenvalue weighted by Crippen LogP contribution is 2.30. The van der Waals surface area contributed by atoms with E-state index in [1.807, 2.05) is 12.1 Å². The van der Waals surface area contributed by atoms with Crippen molar-refractivity contribution >= 4 is 57.7 Å². The van der Waals surface area contributed by atoms with Crippen LogP contribution in [0.15, 0.2) is 77.8 Å². The minimum absolute atomic E-state index is 0.0134. The summed E-state index contributed by atoms with van der Waals surface area (Å²) in [5.41, 5.74) is 2.32. The number of amides is 2. The molecule has 0 aromatic heterocycles. The Labute approximate surface area is 229 Å². The van der Waals surface area contributed by atoms with E-state index in [9.17, 15) is 18.8 Å². The molecule has 0 radical (unpaired) electrons. The van der Waals surface area contributed by atoms with Crippen molar-refractivity contribution in [2.75, 3.05) is 18.5 Å². The van der Waals surface area contributed by atoms with Crippen LogP contribution in [0.3, 0.4) is 0 Å². The number of benzene rings is 3. The fourth-order valence-electron chi connectivity index (χ4n) is 3.71. The molecule has 1 heterocycles. The van der Waals surface area contributed by atoms with Crippen molar-refractivity contribution in [2.24, 2.45) is 4.99 Å². The summed E-state index contributed by atoms with van der Waals surface area (Å²) in [5, 5.41) is 3.06. The number of halogens is 2. The molecule has 38 heavy (non-hydrogen) atoms. The molecule has 196 valence electrons. The van der Waals surface area contributed by atoms with Crippen LogP contribution in [0.25, 0.3) is 0 Å². The van der Waals surface area contributed by atoms with E-state index >= 15 is 0 Å². The van der Waals surface area contributed by atoms with Crippen LogP contribution < -0.4 is 5.32 Å². The normalized spacial score (nSPS) is 16.4. The number of nitrogens with zero attached hydrogens (tertiary/aromatic N) is 2. The minimum atomic E-state index is -0.724. The van der Waals surface area contributed by atoms with E-state index < -0.39 is 17.0 Å². The molecule has 0 bridgehead atoms. The number of ether oxygens (including phenoxy) is 1. The van der Waals surface area contributed by atoms with Crippen molar-refractivity contribution < 1.29 is 23.5 Å². The van der Waals surface area contributed by atoms with Crippen LogP contribution in [0.2, 0.25) is 5.02 Å². The van der Waals surface area contributed by atoms with Crippen molar-refractivity contribution in [1.29, 1.82) is 0 Å². The van der Waals surface area contributed by atoms with Crippen LogP contribution in [0.1, 0.15) is 29.3 Å². The van der Waals surface area contributed by atoms with Gasteiger partial charge in [-0.15, -0.1) is 0 Å². The molecular formula is C28H25ClFN3O4S.